The first-order valence-electron chi connectivity index (χ1n) is 4.58. The van der Waals surface area contributed by atoms with E-state index in [2.05, 4.69) is 4.98 Å². The van der Waals surface area contributed by atoms with Crippen LogP contribution in [-0.4, -0.2) is 10.9 Å². The number of carbonyl (C=O) groups is 1. The minimum Gasteiger partial charge on any atom is -0.366 e. The van der Waals surface area contributed by atoms with Gasteiger partial charge in [-0.25, -0.2) is 0 Å². The van der Waals surface area contributed by atoms with E-state index >= 15 is 0 Å². The highest BCUT2D eigenvalue weighted by molar-refractivity contribution is 5.94. The van der Waals surface area contributed by atoms with Gasteiger partial charge in [0.15, 0.2) is 0 Å². The first-order valence-corrected chi connectivity index (χ1v) is 4.58. The van der Waals surface area contributed by atoms with E-state index in [-0.39, 0.29) is 0 Å². The number of primary amides is 1. The number of hydrogen-bond acceptors (Lipinski definition) is 2. The van der Waals surface area contributed by atoms with Crippen molar-refractivity contribution in [3.8, 4) is 0 Å². The molecule has 0 aliphatic rings. The van der Waals surface area contributed by atoms with Crippen LogP contribution in [-0.2, 0) is 4.79 Å². The molecule has 1 aromatic heterocycles. The van der Waals surface area contributed by atoms with E-state index in [1.165, 1.54) is 6.08 Å². The fourth-order valence-electron chi connectivity index (χ4n) is 1.44. The highest BCUT2D eigenvalue weighted by Crippen LogP contribution is 2.16. The number of amides is 1. The Balaban J connectivity index is 2.56. The zero-order valence-electron chi connectivity index (χ0n) is 8.05. The quantitative estimate of drug-likeness (QED) is 0.747. The molecule has 2 aromatic rings. The van der Waals surface area contributed by atoms with Gasteiger partial charge in [-0.05, 0) is 17.5 Å². The van der Waals surface area contributed by atoms with Crippen molar-refractivity contribution in [3.63, 3.8) is 0 Å². The third kappa shape index (κ3) is 2.02. The molecule has 0 spiro atoms. The van der Waals surface area contributed by atoms with Crippen LogP contribution in [0.3, 0.4) is 0 Å². The lowest BCUT2D eigenvalue weighted by molar-refractivity contribution is -0.113. The molecule has 0 aliphatic carbocycles. The molecule has 1 heterocycles. The van der Waals surface area contributed by atoms with Crippen molar-refractivity contribution in [1.82, 2.24) is 4.98 Å². The molecule has 2 rings (SSSR count). The maximum atomic E-state index is 10.6. The highest BCUT2D eigenvalue weighted by atomic mass is 16.1. The molecule has 0 fully saturated rings. The van der Waals surface area contributed by atoms with Gasteiger partial charge in [0.1, 0.15) is 0 Å². The summed E-state index contributed by atoms with van der Waals surface area (Å²) in [4.78, 5) is 14.8. The molecule has 0 saturated carbocycles. The molecule has 1 amide bonds. The van der Waals surface area contributed by atoms with Crippen LogP contribution < -0.4 is 5.73 Å². The summed E-state index contributed by atoms with van der Waals surface area (Å²) in [5.41, 5.74) is 5.79. The van der Waals surface area contributed by atoms with Gasteiger partial charge < -0.3 is 5.73 Å². The second kappa shape index (κ2) is 3.92. The topological polar surface area (TPSA) is 56.0 Å². The second-order valence-electron chi connectivity index (χ2n) is 3.15. The molecule has 0 aliphatic heterocycles. The smallest absolute Gasteiger partial charge is 0.241 e. The minimum atomic E-state index is -0.468. The van der Waals surface area contributed by atoms with Crippen LogP contribution in [0.15, 0.2) is 42.6 Å². The summed E-state index contributed by atoms with van der Waals surface area (Å²) < 4.78 is 0. The van der Waals surface area contributed by atoms with Crippen molar-refractivity contribution in [2.75, 3.05) is 0 Å². The van der Waals surface area contributed by atoms with Crippen LogP contribution in [0.5, 0.6) is 0 Å². The van der Waals surface area contributed by atoms with Gasteiger partial charge in [0.2, 0.25) is 5.91 Å². The van der Waals surface area contributed by atoms with Crippen molar-refractivity contribution in [3.05, 3.63) is 48.3 Å². The Morgan fingerprint density at radius 3 is 2.87 bits per heavy atom. The molecule has 0 radical (unpaired) electrons. The number of nitrogens with two attached hydrogens (primary N) is 1. The predicted molar refractivity (Wildman–Crippen MR) is 60.0 cm³/mol. The molecular weight excluding hydrogens is 188 g/mol. The lowest BCUT2D eigenvalue weighted by Gasteiger charge is -1.99. The molecule has 0 saturated heterocycles. The summed E-state index contributed by atoms with van der Waals surface area (Å²) in [5.74, 6) is -0.468. The van der Waals surface area contributed by atoms with Gasteiger partial charge in [-0.15, -0.1) is 0 Å². The number of carbonyl (C=O) groups excluding carboxylic acids is 1. The number of benzene rings is 1. The largest absolute Gasteiger partial charge is 0.366 e. The minimum absolute atomic E-state index is 0.468. The number of aromatic nitrogens is 1. The summed E-state index contributed by atoms with van der Waals surface area (Å²) in [5, 5.41) is 2.11. The molecule has 0 atom stereocenters. The molecular formula is C12H10N2O. The Hall–Kier alpha value is -2.16. The molecule has 1 aromatic carbocycles. The zero-order valence-corrected chi connectivity index (χ0v) is 8.05. The van der Waals surface area contributed by atoms with Gasteiger partial charge in [-0.2, -0.15) is 0 Å². The van der Waals surface area contributed by atoms with Gasteiger partial charge in [0, 0.05) is 17.7 Å². The Bertz CT molecular complexity index is 527. The Morgan fingerprint density at radius 1 is 1.27 bits per heavy atom. The summed E-state index contributed by atoms with van der Waals surface area (Å²) in [6, 6.07) is 9.79. The molecule has 0 unspecified atom stereocenters. The van der Waals surface area contributed by atoms with E-state index in [0.717, 1.165) is 16.5 Å². The van der Waals surface area contributed by atoms with Crippen LogP contribution in [0.1, 0.15) is 5.69 Å². The van der Waals surface area contributed by atoms with Crippen molar-refractivity contribution in [1.29, 1.82) is 0 Å². The first kappa shape index (κ1) is 9.40. The van der Waals surface area contributed by atoms with E-state index in [9.17, 15) is 4.79 Å². The predicted octanol–water partition coefficient (Wildman–Crippen LogP) is 1.73. The van der Waals surface area contributed by atoms with Gasteiger partial charge in [0.25, 0.3) is 0 Å². The summed E-state index contributed by atoms with van der Waals surface area (Å²) in [7, 11) is 0. The van der Waals surface area contributed by atoms with E-state index in [1.54, 1.807) is 12.3 Å². The standard InChI is InChI=1S/C12H10N2O/c13-12(15)6-5-11-10-4-2-1-3-9(10)7-8-14-11/h1-8H,(H2,13,15). The van der Waals surface area contributed by atoms with Gasteiger partial charge in [-0.1, -0.05) is 24.3 Å². The van der Waals surface area contributed by atoms with E-state index in [1.807, 2.05) is 30.3 Å². The van der Waals surface area contributed by atoms with Crippen LogP contribution in [0, 0.1) is 0 Å². The van der Waals surface area contributed by atoms with Crippen molar-refractivity contribution in [2.24, 2.45) is 5.73 Å². The fraction of sp³-hybridized carbons (Fsp3) is 0. The van der Waals surface area contributed by atoms with Crippen molar-refractivity contribution >= 4 is 22.8 Å². The van der Waals surface area contributed by atoms with Crippen LogP contribution in [0.25, 0.3) is 16.8 Å². The normalized spacial score (nSPS) is 10.9. The number of rotatable bonds is 2. The zero-order chi connectivity index (χ0) is 10.7. The summed E-state index contributed by atoms with van der Waals surface area (Å²) in [6.07, 6.45) is 4.66. The Kier molecular flexibility index (Phi) is 2.46. The summed E-state index contributed by atoms with van der Waals surface area (Å²) in [6.45, 7) is 0. The van der Waals surface area contributed by atoms with Crippen LogP contribution in [0.2, 0.25) is 0 Å². The van der Waals surface area contributed by atoms with E-state index in [0.29, 0.717) is 0 Å². The first-order chi connectivity index (χ1) is 7.27. The van der Waals surface area contributed by atoms with Gasteiger partial charge >= 0.3 is 0 Å². The average molecular weight is 198 g/mol. The van der Waals surface area contributed by atoms with Crippen molar-refractivity contribution in [2.45, 2.75) is 0 Å². The Labute approximate surface area is 87.2 Å². The van der Waals surface area contributed by atoms with Gasteiger partial charge in [0.05, 0.1) is 5.69 Å². The number of hydrogen-bond donors (Lipinski definition) is 1. The molecule has 3 nitrogen and oxygen atoms in total. The van der Waals surface area contributed by atoms with E-state index < -0.39 is 5.91 Å². The third-order valence-electron chi connectivity index (χ3n) is 2.11. The van der Waals surface area contributed by atoms with Crippen molar-refractivity contribution < 1.29 is 4.79 Å². The molecule has 74 valence electrons. The number of nitrogens with zero attached hydrogens (tertiary/aromatic N) is 1. The van der Waals surface area contributed by atoms with Crippen LogP contribution >= 0.6 is 0 Å². The maximum Gasteiger partial charge on any atom is 0.241 e. The number of pyridine rings is 1. The van der Waals surface area contributed by atoms with Crippen LogP contribution in [0.4, 0.5) is 0 Å². The fourth-order valence-corrected chi connectivity index (χ4v) is 1.44. The Morgan fingerprint density at radius 2 is 2.07 bits per heavy atom. The third-order valence-corrected chi connectivity index (χ3v) is 2.11. The highest BCUT2D eigenvalue weighted by Gasteiger charge is 1.97. The van der Waals surface area contributed by atoms with Gasteiger partial charge in [-0.3, -0.25) is 9.78 Å². The lowest BCUT2D eigenvalue weighted by Crippen LogP contribution is -2.05. The monoisotopic (exact) mass is 198 g/mol. The maximum absolute atomic E-state index is 10.6. The molecule has 15 heavy (non-hydrogen) atoms. The second-order valence-corrected chi connectivity index (χ2v) is 3.15. The van der Waals surface area contributed by atoms with E-state index in [4.69, 9.17) is 5.73 Å². The number of fused-ring (bicyclic) bond motifs is 1. The lowest BCUT2D eigenvalue weighted by atomic mass is 10.1. The summed E-state index contributed by atoms with van der Waals surface area (Å²) >= 11 is 0. The average Bonchev–Trinajstić information content (AvgIpc) is 2.26. The molecule has 0 bridgehead atoms. The molecule has 3 heteroatoms. The molecule has 2 N–H and O–H groups in total. The SMILES string of the molecule is NC(=O)C=Cc1nccc2ccccc12.